The Kier molecular flexibility index (Phi) is 7.68. The van der Waals surface area contributed by atoms with Crippen LogP contribution in [0.15, 0.2) is 59.6 Å². The molecule has 0 radical (unpaired) electrons. The molecular weight excluding hydrogens is 403 g/mol. The largest absolute Gasteiger partial charge is 0.368 e. The molecule has 0 atom stereocenters. The lowest BCUT2D eigenvalue weighted by atomic mass is 10.2. The van der Waals surface area contributed by atoms with Gasteiger partial charge in [-0.05, 0) is 36.2 Å². The van der Waals surface area contributed by atoms with Gasteiger partial charge < -0.3 is 15.1 Å². The zero-order chi connectivity index (χ0) is 21.4. The lowest BCUT2D eigenvalue weighted by molar-refractivity contribution is 0.372. The van der Waals surface area contributed by atoms with Crippen LogP contribution >= 0.6 is 0 Å². The highest BCUT2D eigenvalue weighted by atomic mass is 32.2. The molecule has 1 N–H and O–H groups in total. The van der Waals surface area contributed by atoms with E-state index in [1.54, 1.807) is 19.2 Å². The number of nitrogens with zero attached hydrogens (tertiary/aromatic N) is 3. The average molecular weight is 433 g/mol. The van der Waals surface area contributed by atoms with Crippen LogP contribution in [0.2, 0.25) is 0 Å². The maximum Gasteiger partial charge on any atom is 0.193 e. The van der Waals surface area contributed by atoms with Crippen molar-refractivity contribution in [3.8, 4) is 0 Å². The van der Waals surface area contributed by atoms with Gasteiger partial charge >= 0.3 is 0 Å². The number of piperazine rings is 1. The Bertz CT molecular complexity index is 925. The summed E-state index contributed by atoms with van der Waals surface area (Å²) < 4.78 is 37.7. The van der Waals surface area contributed by atoms with Crippen molar-refractivity contribution >= 4 is 21.5 Å². The van der Waals surface area contributed by atoms with Crippen LogP contribution in [-0.2, 0) is 15.6 Å². The van der Waals surface area contributed by atoms with Crippen molar-refractivity contribution in [3.63, 3.8) is 0 Å². The number of hydrogen-bond acceptors (Lipinski definition) is 4. The Morgan fingerprint density at radius 2 is 1.70 bits per heavy atom. The van der Waals surface area contributed by atoms with Crippen LogP contribution in [0.5, 0.6) is 0 Å². The number of benzene rings is 2. The monoisotopic (exact) mass is 432 g/mol. The van der Waals surface area contributed by atoms with Crippen LogP contribution in [0.3, 0.4) is 0 Å². The van der Waals surface area contributed by atoms with Crippen molar-refractivity contribution in [3.05, 3.63) is 66.0 Å². The third-order valence-electron chi connectivity index (χ3n) is 5.13. The first kappa shape index (κ1) is 22.1. The molecule has 0 saturated carbocycles. The van der Waals surface area contributed by atoms with Crippen molar-refractivity contribution in [2.24, 2.45) is 4.99 Å². The van der Waals surface area contributed by atoms with Gasteiger partial charge in [0.2, 0.25) is 0 Å². The average Bonchev–Trinajstić information content (AvgIpc) is 2.75. The first-order chi connectivity index (χ1) is 14.5. The minimum absolute atomic E-state index is 0.0773. The van der Waals surface area contributed by atoms with Crippen LogP contribution in [0.1, 0.15) is 12.0 Å². The highest BCUT2D eigenvalue weighted by molar-refractivity contribution is 7.90. The Labute approximate surface area is 178 Å². The molecule has 1 saturated heterocycles. The van der Waals surface area contributed by atoms with E-state index >= 15 is 0 Å². The first-order valence-electron chi connectivity index (χ1n) is 10.2. The number of hydrogen-bond donors (Lipinski definition) is 1. The fourth-order valence-corrected chi connectivity index (χ4v) is 4.98. The summed E-state index contributed by atoms with van der Waals surface area (Å²) in [5, 5.41) is 3.28. The third kappa shape index (κ3) is 6.45. The van der Waals surface area contributed by atoms with E-state index in [1.807, 2.05) is 30.3 Å². The molecule has 2 aromatic carbocycles. The van der Waals surface area contributed by atoms with Crippen LogP contribution in [0.4, 0.5) is 10.1 Å². The van der Waals surface area contributed by atoms with Crippen LogP contribution in [-0.4, -0.2) is 64.8 Å². The summed E-state index contributed by atoms with van der Waals surface area (Å²) in [5.41, 5.74) is 1.84. The molecule has 30 heavy (non-hydrogen) atoms. The maximum atomic E-state index is 13.1. The molecule has 3 rings (SSSR count). The fraction of sp³-hybridized carbons (Fsp3) is 0.409. The Balaban J connectivity index is 1.41. The number of halogens is 1. The zero-order valence-electron chi connectivity index (χ0n) is 17.3. The molecule has 1 heterocycles. The number of nitrogens with one attached hydrogen (secondary N) is 1. The van der Waals surface area contributed by atoms with Crippen molar-refractivity contribution in [1.29, 1.82) is 0 Å². The normalized spacial score (nSPS) is 15.3. The minimum atomic E-state index is -3.13. The second kappa shape index (κ2) is 10.4. The fourth-order valence-electron chi connectivity index (χ4n) is 3.55. The lowest BCUT2D eigenvalue weighted by Crippen LogP contribution is -2.52. The molecule has 162 valence electrons. The van der Waals surface area contributed by atoms with Gasteiger partial charge in [0.1, 0.15) is 5.82 Å². The van der Waals surface area contributed by atoms with Gasteiger partial charge in [-0.2, -0.15) is 0 Å². The first-order valence-corrected chi connectivity index (χ1v) is 12.0. The predicted molar refractivity (Wildman–Crippen MR) is 120 cm³/mol. The molecular formula is C22H29FN4O2S. The van der Waals surface area contributed by atoms with Crippen LogP contribution in [0, 0.1) is 5.82 Å². The molecule has 0 aromatic heterocycles. The van der Waals surface area contributed by atoms with E-state index in [4.69, 9.17) is 0 Å². The van der Waals surface area contributed by atoms with Gasteiger partial charge in [-0.1, -0.05) is 30.3 Å². The van der Waals surface area contributed by atoms with E-state index in [2.05, 4.69) is 20.1 Å². The summed E-state index contributed by atoms with van der Waals surface area (Å²) in [6.07, 6.45) is 0.531. The number of rotatable bonds is 7. The number of aliphatic imine (C=N–C) groups is 1. The number of guanidine groups is 1. The van der Waals surface area contributed by atoms with Crippen molar-refractivity contribution in [1.82, 2.24) is 10.2 Å². The Morgan fingerprint density at radius 3 is 2.33 bits per heavy atom. The summed E-state index contributed by atoms with van der Waals surface area (Å²) in [6.45, 7) is 3.78. The standard InChI is InChI=1S/C22H29FN4O2S/c1-24-22(25-12-5-17-30(28,29)18-19-6-3-2-4-7-19)27-15-13-26(14-16-27)21-10-8-20(23)9-11-21/h2-4,6-11H,5,12-18H2,1H3,(H,24,25). The van der Waals surface area contributed by atoms with E-state index in [1.165, 1.54) is 12.1 Å². The number of anilines is 1. The Hall–Kier alpha value is -2.61. The molecule has 1 fully saturated rings. The van der Waals surface area contributed by atoms with Gasteiger partial charge in [0, 0.05) is 45.5 Å². The van der Waals surface area contributed by atoms with Gasteiger partial charge in [-0.15, -0.1) is 0 Å². The minimum Gasteiger partial charge on any atom is -0.368 e. The molecule has 2 aromatic rings. The summed E-state index contributed by atoms with van der Waals surface area (Å²) in [6, 6.07) is 15.8. The maximum absolute atomic E-state index is 13.1. The van der Waals surface area contributed by atoms with Gasteiger partial charge in [-0.25, -0.2) is 12.8 Å². The van der Waals surface area contributed by atoms with Crippen LogP contribution in [0.25, 0.3) is 0 Å². The van der Waals surface area contributed by atoms with Crippen molar-refractivity contribution in [2.45, 2.75) is 12.2 Å². The van der Waals surface area contributed by atoms with Gasteiger partial charge in [0.15, 0.2) is 15.8 Å². The number of sulfone groups is 1. The molecule has 0 unspecified atom stereocenters. The van der Waals surface area contributed by atoms with Crippen LogP contribution < -0.4 is 10.2 Å². The third-order valence-corrected chi connectivity index (χ3v) is 6.81. The molecule has 1 aliphatic rings. The van der Waals surface area contributed by atoms with Gasteiger partial charge in [0.05, 0.1) is 11.5 Å². The van der Waals surface area contributed by atoms with Gasteiger partial charge in [0.25, 0.3) is 0 Å². The molecule has 0 spiro atoms. The summed E-state index contributed by atoms with van der Waals surface area (Å²) in [5.74, 6) is 0.778. The SMILES string of the molecule is CN=C(NCCCS(=O)(=O)Cc1ccccc1)N1CCN(c2ccc(F)cc2)CC1. The smallest absolute Gasteiger partial charge is 0.193 e. The van der Waals surface area contributed by atoms with Crippen molar-refractivity contribution in [2.75, 3.05) is 50.4 Å². The molecule has 0 bridgehead atoms. The molecule has 8 heteroatoms. The van der Waals surface area contributed by atoms with E-state index in [0.29, 0.717) is 13.0 Å². The van der Waals surface area contributed by atoms with E-state index < -0.39 is 9.84 Å². The molecule has 1 aliphatic heterocycles. The van der Waals surface area contributed by atoms with E-state index in [-0.39, 0.29) is 17.3 Å². The summed E-state index contributed by atoms with van der Waals surface area (Å²) in [7, 11) is -1.40. The second-order valence-corrected chi connectivity index (χ2v) is 9.54. The summed E-state index contributed by atoms with van der Waals surface area (Å²) in [4.78, 5) is 8.72. The highest BCUT2D eigenvalue weighted by Gasteiger charge is 2.20. The summed E-state index contributed by atoms with van der Waals surface area (Å²) >= 11 is 0. The van der Waals surface area contributed by atoms with E-state index in [9.17, 15) is 12.8 Å². The molecule has 0 aliphatic carbocycles. The predicted octanol–water partition coefficient (Wildman–Crippen LogP) is 2.53. The van der Waals surface area contributed by atoms with Crippen molar-refractivity contribution < 1.29 is 12.8 Å². The van der Waals surface area contributed by atoms with E-state index in [0.717, 1.165) is 43.4 Å². The Morgan fingerprint density at radius 1 is 1.03 bits per heavy atom. The quantitative estimate of drug-likeness (QED) is 0.414. The zero-order valence-corrected chi connectivity index (χ0v) is 18.1. The lowest BCUT2D eigenvalue weighted by Gasteiger charge is -2.37. The second-order valence-electron chi connectivity index (χ2n) is 7.36. The molecule has 6 nitrogen and oxygen atoms in total. The highest BCUT2D eigenvalue weighted by Crippen LogP contribution is 2.17. The van der Waals surface area contributed by atoms with Gasteiger partial charge in [-0.3, -0.25) is 4.99 Å². The molecule has 0 amide bonds. The topological polar surface area (TPSA) is 65.0 Å².